The summed E-state index contributed by atoms with van der Waals surface area (Å²) in [6.07, 6.45) is -0.341. The average molecular weight is 300 g/mol. The largest absolute Gasteiger partial charge is 0.489 e. The van der Waals surface area contributed by atoms with Crippen LogP contribution < -0.4 is 4.74 Å². The molecule has 0 saturated heterocycles. The molecule has 2 rings (SSSR count). The topological polar surface area (TPSA) is 27.7 Å². The monoisotopic (exact) mass is 300 g/mol. The van der Waals surface area contributed by atoms with Crippen molar-refractivity contribution in [3.05, 3.63) is 65.2 Å². The molecule has 3 nitrogen and oxygen atoms in total. The van der Waals surface area contributed by atoms with Gasteiger partial charge in [-0.3, -0.25) is 0 Å². The quantitative estimate of drug-likeness (QED) is 0.664. The zero-order chi connectivity index (χ0) is 15.8. The molecule has 0 unspecified atom stereocenters. The number of ether oxygens (including phenoxy) is 3. The molecule has 2 aromatic rings. The van der Waals surface area contributed by atoms with E-state index in [1.807, 2.05) is 63.2 Å². The molecule has 0 saturated carbocycles. The van der Waals surface area contributed by atoms with Crippen LogP contribution in [0.15, 0.2) is 48.5 Å². The Morgan fingerprint density at radius 2 is 1.50 bits per heavy atom. The molecular weight excluding hydrogens is 276 g/mol. The van der Waals surface area contributed by atoms with E-state index in [-0.39, 0.29) is 6.29 Å². The van der Waals surface area contributed by atoms with Gasteiger partial charge in [0.25, 0.3) is 0 Å². The van der Waals surface area contributed by atoms with E-state index in [1.165, 1.54) is 0 Å². The van der Waals surface area contributed by atoms with Crippen molar-refractivity contribution in [2.45, 2.75) is 33.7 Å². The summed E-state index contributed by atoms with van der Waals surface area (Å²) in [7, 11) is 0. The molecule has 0 aliphatic carbocycles. The fraction of sp³-hybridized carbons (Fsp3) is 0.368. The molecule has 0 radical (unpaired) electrons. The fourth-order valence-electron chi connectivity index (χ4n) is 2.30. The lowest BCUT2D eigenvalue weighted by Gasteiger charge is -2.20. The molecule has 0 aromatic heterocycles. The van der Waals surface area contributed by atoms with Gasteiger partial charge in [0.15, 0.2) is 6.29 Å². The highest BCUT2D eigenvalue weighted by Gasteiger charge is 2.15. The maximum Gasteiger partial charge on any atom is 0.184 e. The van der Waals surface area contributed by atoms with Gasteiger partial charge < -0.3 is 14.2 Å². The highest BCUT2D eigenvalue weighted by molar-refractivity contribution is 5.33. The molecule has 0 N–H and O–H groups in total. The molecule has 0 bridgehead atoms. The van der Waals surface area contributed by atoms with Crippen LogP contribution in [0.25, 0.3) is 0 Å². The van der Waals surface area contributed by atoms with Crippen LogP contribution in [0.3, 0.4) is 0 Å². The van der Waals surface area contributed by atoms with Gasteiger partial charge in [0, 0.05) is 18.8 Å². The highest BCUT2D eigenvalue weighted by atomic mass is 16.7. The molecule has 0 fully saturated rings. The Morgan fingerprint density at radius 3 is 2.18 bits per heavy atom. The maximum absolute atomic E-state index is 5.96. The molecule has 22 heavy (non-hydrogen) atoms. The van der Waals surface area contributed by atoms with Crippen molar-refractivity contribution in [2.24, 2.45) is 0 Å². The molecule has 2 aromatic carbocycles. The Balaban J connectivity index is 2.15. The zero-order valence-corrected chi connectivity index (χ0v) is 13.5. The van der Waals surface area contributed by atoms with Crippen molar-refractivity contribution in [3.63, 3.8) is 0 Å². The van der Waals surface area contributed by atoms with E-state index in [4.69, 9.17) is 14.2 Å². The maximum atomic E-state index is 5.96. The fourth-order valence-corrected chi connectivity index (χ4v) is 2.30. The first-order valence-corrected chi connectivity index (χ1v) is 7.75. The molecule has 118 valence electrons. The second-order valence-corrected chi connectivity index (χ2v) is 5.00. The Labute approximate surface area is 132 Å². The van der Waals surface area contributed by atoms with Gasteiger partial charge in [-0.2, -0.15) is 0 Å². The average Bonchev–Trinajstić information content (AvgIpc) is 2.54. The second-order valence-electron chi connectivity index (χ2n) is 5.00. The van der Waals surface area contributed by atoms with E-state index >= 15 is 0 Å². The lowest BCUT2D eigenvalue weighted by molar-refractivity contribution is -0.140. The Kier molecular flexibility index (Phi) is 6.44. The molecular formula is C19H24O3. The number of aryl methyl sites for hydroxylation is 1. The predicted molar refractivity (Wildman–Crippen MR) is 87.9 cm³/mol. The number of para-hydroxylation sites is 1. The normalized spacial score (nSPS) is 10.9. The third-order valence-corrected chi connectivity index (χ3v) is 3.42. The van der Waals surface area contributed by atoms with Crippen LogP contribution >= 0.6 is 0 Å². The molecule has 0 atom stereocenters. The summed E-state index contributed by atoms with van der Waals surface area (Å²) in [5.41, 5.74) is 3.24. The molecule has 0 aliphatic rings. The van der Waals surface area contributed by atoms with Gasteiger partial charge in [0.1, 0.15) is 12.4 Å². The van der Waals surface area contributed by atoms with Crippen molar-refractivity contribution in [2.75, 3.05) is 13.2 Å². The van der Waals surface area contributed by atoms with Crippen LogP contribution in [-0.2, 0) is 16.1 Å². The molecule has 0 heterocycles. The van der Waals surface area contributed by atoms with Gasteiger partial charge in [0.05, 0.1) is 0 Å². The summed E-state index contributed by atoms with van der Waals surface area (Å²) in [6.45, 7) is 7.70. The van der Waals surface area contributed by atoms with Crippen molar-refractivity contribution in [1.82, 2.24) is 0 Å². The minimum absolute atomic E-state index is 0.341. The van der Waals surface area contributed by atoms with Gasteiger partial charge in [-0.05, 0) is 38.0 Å². The smallest absolute Gasteiger partial charge is 0.184 e. The molecule has 0 amide bonds. The minimum Gasteiger partial charge on any atom is -0.489 e. The Bertz CT molecular complexity index is 574. The van der Waals surface area contributed by atoms with E-state index in [9.17, 15) is 0 Å². The van der Waals surface area contributed by atoms with E-state index < -0.39 is 0 Å². The zero-order valence-electron chi connectivity index (χ0n) is 13.5. The molecule has 0 aliphatic heterocycles. The summed E-state index contributed by atoms with van der Waals surface area (Å²) >= 11 is 0. The van der Waals surface area contributed by atoms with E-state index in [2.05, 4.69) is 6.07 Å². The first-order chi connectivity index (χ1) is 10.8. The van der Waals surface area contributed by atoms with Crippen molar-refractivity contribution < 1.29 is 14.2 Å². The van der Waals surface area contributed by atoms with Crippen molar-refractivity contribution in [3.8, 4) is 5.75 Å². The number of benzene rings is 2. The van der Waals surface area contributed by atoms with Gasteiger partial charge in [-0.1, -0.05) is 42.5 Å². The van der Waals surface area contributed by atoms with E-state index in [0.29, 0.717) is 19.8 Å². The third-order valence-electron chi connectivity index (χ3n) is 3.42. The summed E-state index contributed by atoms with van der Waals surface area (Å²) in [4.78, 5) is 0. The SMILES string of the molecule is CCOC(OCC)c1ccccc1COc1ccccc1C. The lowest BCUT2D eigenvalue weighted by Crippen LogP contribution is -2.12. The number of rotatable bonds is 8. The first-order valence-electron chi connectivity index (χ1n) is 7.75. The number of hydrogen-bond donors (Lipinski definition) is 0. The summed E-state index contributed by atoms with van der Waals surface area (Å²) in [6, 6.07) is 16.1. The van der Waals surface area contributed by atoms with Crippen LogP contribution in [0.1, 0.15) is 36.8 Å². The van der Waals surface area contributed by atoms with Crippen LogP contribution in [0.4, 0.5) is 0 Å². The van der Waals surface area contributed by atoms with Gasteiger partial charge in [-0.25, -0.2) is 0 Å². The first kappa shape index (κ1) is 16.5. The van der Waals surface area contributed by atoms with Gasteiger partial charge >= 0.3 is 0 Å². The van der Waals surface area contributed by atoms with Crippen molar-refractivity contribution in [1.29, 1.82) is 0 Å². The minimum atomic E-state index is -0.341. The lowest BCUT2D eigenvalue weighted by atomic mass is 10.1. The second kappa shape index (κ2) is 8.57. The third kappa shape index (κ3) is 4.33. The summed E-state index contributed by atoms with van der Waals surface area (Å²) < 4.78 is 17.4. The standard InChI is InChI=1S/C19H24O3/c1-4-20-19(21-5-2)17-12-8-7-11-16(17)14-22-18-13-9-6-10-15(18)3/h6-13,19H,4-5,14H2,1-3H3. The van der Waals surface area contributed by atoms with E-state index in [1.54, 1.807) is 0 Å². The predicted octanol–water partition coefficient (Wildman–Crippen LogP) is 4.65. The van der Waals surface area contributed by atoms with Gasteiger partial charge in [0.2, 0.25) is 0 Å². The van der Waals surface area contributed by atoms with E-state index in [0.717, 1.165) is 22.4 Å². The molecule has 3 heteroatoms. The highest BCUT2D eigenvalue weighted by Crippen LogP contribution is 2.25. The van der Waals surface area contributed by atoms with Crippen LogP contribution in [0, 0.1) is 6.92 Å². The summed E-state index contributed by atoms with van der Waals surface area (Å²) in [5, 5.41) is 0. The number of hydrogen-bond acceptors (Lipinski definition) is 3. The van der Waals surface area contributed by atoms with Crippen molar-refractivity contribution >= 4 is 0 Å². The Morgan fingerprint density at radius 1 is 0.864 bits per heavy atom. The van der Waals surface area contributed by atoms with Gasteiger partial charge in [-0.15, -0.1) is 0 Å². The van der Waals surface area contributed by atoms with Crippen LogP contribution in [0.2, 0.25) is 0 Å². The van der Waals surface area contributed by atoms with Crippen LogP contribution in [-0.4, -0.2) is 13.2 Å². The molecule has 0 spiro atoms. The van der Waals surface area contributed by atoms with Crippen LogP contribution in [0.5, 0.6) is 5.75 Å². The summed E-state index contributed by atoms with van der Waals surface area (Å²) in [5.74, 6) is 0.904. The Hall–Kier alpha value is -1.84.